The van der Waals surface area contributed by atoms with Crippen LogP contribution >= 0.6 is 0 Å². The number of aliphatic hydroxyl groups excluding tert-OH is 1. The zero-order valence-corrected chi connectivity index (χ0v) is 16.4. The lowest BCUT2D eigenvalue weighted by Crippen LogP contribution is -2.29. The van der Waals surface area contributed by atoms with E-state index in [0.29, 0.717) is 16.9 Å². The van der Waals surface area contributed by atoms with Crippen molar-refractivity contribution in [2.75, 3.05) is 7.11 Å². The molecule has 1 fully saturated rings. The number of pyridine rings is 1. The summed E-state index contributed by atoms with van der Waals surface area (Å²) in [5.74, 6) is -0.896. The van der Waals surface area contributed by atoms with Gasteiger partial charge in [0.1, 0.15) is 11.5 Å². The third-order valence-corrected chi connectivity index (χ3v) is 5.09. The Labute approximate surface area is 174 Å². The van der Waals surface area contributed by atoms with Crippen molar-refractivity contribution < 1.29 is 19.4 Å². The molecule has 1 aromatic heterocycles. The number of carbonyl (C=O) groups is 2. The standard InChI is InChI=1S/C24H20N2O4/c1-30-19-11-9-17(10-12-19)21-20(22(27)18-7-3-2-4-8-18)23(28)24(29)26(21)15-16-6-5-13-25-14-16/h2-14,21,27H,15H2,1H3/b22-20+/t21-/m0/s1. The highest BCUT2D eigenvalue weighted by atomic mass is 16.5. The maximum absolute atomic E-state index is 13.0. The van der Waals surface area contributed by atoms with Crippen LogP contribution in [-0.4, -0.2) is 33.8 Å². The number of benzene rings is 2. The van der Waals surface area contributed by atoms with Gasteiger partial charge in [-0.1, -0.05) is 48.5 Å². The molecule has 0 unspecified atom stereocenters. The van der Waals surface area contributed by atoms with Gasteiger partial charge in [-0.2, -0.15) is 0 Å². The number of carbonyl (C=O) groups excluding carboxylic acids is 2. The van der Waals surface area contributed by atoms with E-state index in [9.17, 15) is 14.7 Å². The van der Waals surface area contributed by atoms with Gasteiger partial charge in [0.15, 0.2) is 0 Å². The molecule has 30 heavy (non-hydrogen) atoms. The summed E-state index contributed by atoms with van der Waals surface area (Å²) in [7, 11) is 1.57. The van der Waals surface area contributed by atoms with Gasteiger partial charge < -0.3 is 14.7 Å². The summed E-state index contributed by atoms with van der Waals surface area (Å²) in [6, 6.07) is 18.8. The molecule has 0 bridgehead atoms. The van der Waals surface area contributed by atoms with Gasteiger partial charge in [0, 0.05) is 24.5 Å². The molecular formula is C24H20N2O4. The Morgan fingerprint density at radius 2 is 1.77 bits per heavy atom. The van der Waals surface area contributed by atoms with Crippen LogP contribution in [-0.2, 0) is 16.1 Å². The SMILES string of the molecule is COc1ccc([C@H]2/C(=C(\O)c3ccccc3)C(=O)C(=O)N2Cc2cccnc2)cc1. The van der Waals surface area contributed by atoms with Crippen LogP contribution in [0, 0.1) is 0 Å². The molecule has 150 valence electrons. The molecule has 0 saturated carbocycles. The molecule has 2 heterocycles. The fourth-order valence-corrected chi connectivity index (χ4v) is 3.62. The molecule has 4 rings (SSSR count). The van der Waals surface area contributed by atoms with E-state index in [-0.39, 0.29) is 17.9 Å². The van der Waals surface area contributed by atoms with Gasteiger partial charge in [0.25, 0.3) is 11.7 Å². The van der Waals surface area contributed by atoms with E-state index in [2.05, 4.69) is 4.98 Å². The molecule has 1 atom stereocenters. The number of aliphatic hydroxyl groups is 1. The Balaban J connectivity index is 1.85. The molecule has 0 radical (unpaired) electrons. The lowest BCUT2D eigenvalue weighted by atomic mass is 9.95. The summed E-state index contributed by atoms with van der Waals surface area (Å²) in [5.41, 5.74) is 2.05. The number of aromatic nitrogens is 1. The Kier molecular flexibility index (Phi) is 5.30. The molecule has 1 aliphatic heterocycles. The zero-order valence-electron chi connectivity index (χ0n) is 16.4. The highest BCUT2D eigenvalue weighted by molar-refractivity contribution is 6.46. The first kappa shape index (κ1) is 19.4. The summed E-state index contributed by atoms with van der Waals surface area (Å²) >= 11 is 0. The van der Waals surface area contributed by atoms with E-state index in [0.717, 1.165) is 5.56 Å². The third kappa shape index (κ3) is 3.55. The van der Waals surface area contributed by atoms with E-state index in [1.54, 1.807) is 74.1 Å². The van der Waals surface area contributed by atoms with E-state index < -0.39 is 17.7 Å². The first-order valence-corrected chi connectivity index (χ1v) is 9.47. The minimum Gasteiger partial charge on any atom is -0.507 e. The largest absolute Gasteiger partial charge is 0.507 e. The fourth-order valence-electron chi connectivity index (χ4n) is 3.62. The van der Waals surface area contributed by atoms with Crippen LogP contribution in [0.25, 0.3) is 5.76 Å². The van der Waals surface area contributed by atoms with E-state index in [1.807, 2.05) is 12.1 Å². The van der Waals surface area contributed by atoms with Gasteiger partial charge in [0.2, 0.25) is 0 Å². The van der Waals surface area contributed by atoms with Gasteiger partial charge in [-0.25, -0.2) is 0 Å². The van der Waals surface area contributed by atoms with Crippen molar-refractivity contribution in [2.24, 2.45) is 0 Å². The first-order chi connectivity index (χ1) is 14.6. The molecule has 0 aliphatic carbocycles. The average Bonchev–Trinajstić information content (AvgIpc) is 3.05. The number of nitrogens with zero attached hydrogens (tertiary/aromatic N) is 2. The molecule has 1 aliphatic rings. The smallest absolute Gasteiger partial charge is 0.295 e. The minimum atomic E-state index is -0.726. The molecule has 3 aromatic rings. The predicted molar refractivity (Wildman–Crippen MR) is 112 cm³/mol. The summed E-state index contributed by atoms with van der Waals surface area (Å²) in [4.78, 5) is 31.5. The summed E-state index contributed by atoms with van der Waals surface area (Å²) < 4.78 is 5.22. The molecule has 1 amide bonds. The van der Waals surface area contributed by atoms with Crippen molar-refractivity contribution in [3.05, 3.63) is 101 Å². The van der Waals surface area contributed by atoms with Crippen molar-refractivity contribution in [1.82, 2.24) is 9.88 Å². The van der Waals surface area contributed by atoms with Crippen molar-refractivity contribution in [2.45, 2.75) is 12.6 Å². The fraction of sp³-hybridized carbons (Fsp3) is 0.125. The highest BCUT2D eigenvalue weighted by Crippen LogP contribution is 2.40. The average molecular weight is 400 g/mol. The molecule has 1 saturated heterocycles. The number of likely N-dealkylation sites (tertiary alicyclic amines) is 1. The van der Waals surface area contributed by atoms with E-state index >= 15 is 0 Å². The molecule has 6 nitrogen and oxygen atoms in total. The van der Waals surface area contributed by atoms with Crippen LogP contribution in [0.15, 0.2) is 84.7 Å². The number of amides is 1. The minimum absolute atomic E-state index is 0.0697. The second kappa shape index (κ2) is 8.21. The monoisotopic (exact) mass is 400 g/mol. The molecule has 1 N–H and O–H groups in total. The lowest BCUT2D eigenvalue weighted by Gasteiger charge is -2.25. The summed E-state index contributed by atoms with van der Waals surface area (Å²) in [6.45, 7) is 0.195. The van der Waals surface area contributed by atoms with E-state index in [4.69, 9.17) is 4.74 Å². The molecule has 6 heteroatoms. The highest BCUT2D eigenvalue weighted by Gasteiger charge is 2.46. The van der Waals surface area contributed by atoms with Crippen molar-refractivity contribution in [3.8, 4) is 5.75 Å². The van der Waals surface area contributed by atoms with Crippen molar-refractivity contribution in [3.63, 3.8) is 0 Å². The van der Waals surface area contributed by atoms with Gasteiger partial charge in [-0.3, -0.25) is 14.6 Å². The van der Waals surface area contributed by atoms with Gasteiger partial charge in [-0.15, -0.1) is 0 Å². The van der Waals surface area contributed by atoms with Gasteiger partial charge in [-0.05, 0) is 29.3 Å². The van der Waals surface area contributed by atoms with Crippen LogP contribution in [0.4, 0.5) is 0 Å². The Morgan fingerprint density at radius 1 is 1.03 bits per heavy atom. The van der Waals surface area contributed by atoms with E-state index in [1.165, 1.54) is 4.90 Å². The summed E-state index contributed by atoms with van der Waals surface area (Å²) in [5, 5.41) is 11.0. The Hall–Kier alpha value is -3.93. The number of ether oxygens (including phenoxy) is 1. The third-order valence-electron chi connectivity index (χ3n) is 5.09. The first-order valence-electron chi connectivity index (χ1n) is 9.47. The van der Waals surface area contributed by atoms with Gasteiger partial charge >= 0.3 is 0 Å². The topological polar surface area (TPSA) is 79.7 Å². The number of methoxy groups -OCH3 is 1. The van der Waals surface area contributed by atoms with Crippen LogP contribution in [0.3, 0.4) is 0 Å². The Bertz CT molecular complexity index is 1090. The Morgan fingerprint density at radius 3 is 2.40 bits per heavy atom. The van der Waals surface area contributed by atoms with Gasteiger partial charge in [0.05, 0.1) is 18.7 Å². The lowest BCUT2D eigenvalue weighted by molar-refractivity contribution is -0.140. The predicted octanol–water partition coefficient (Wildman–Crippen LogP) is 3.71. The maximum Gasteiger partial charge on any atom is 0.295 e. The van der Waals surface area contributed by atoms with Crippen molar-refractivity contribution in [1.29, 1.82) is 0 Å². The molecule has 2 aromatic carbocycles. The molecular weight excluding hydrogens is 380 g/mol. The molecule has 0 spiro atoms. The normalized spacial score (nSPS) is 17.9. The van der Waals surface area contributed by atoms with Crippen LogP contribution in [0.2, 0.25) is 0 Å². The second-order valence-corrected chi connectivity index (χ2v) is 6.93. The number of rotatable bonds is 5. The van der Waals surface area contributed by atoms with Crippen LogP contribution in [0.1, 0.15) is 22.7 Å². The number of ketones is 1. The van der Waals surface area contributed by atoms with Crippen LogP contribution < -0.4 is 4.74 Å². The number of Topliss-reactive ketones (excluding diaryl/α,β-unsaturated/α-hetero) is 1. The number of hydrogen-bond acceptors (Lipinski definition) is 5. The van der Waals surface area contributed by atoms with Crippen molar-refractivity contribution >= 4 is 17.4 Å². The second-order valence-electron chi connectivity index (χ2n) is 6.93. The quantitative estimate of drug-likeness (QED) is 0.401. The maximum atomic E-state index is 13.0. The zero-order chi connectivity index (χ0) is 21.1. The summed E-state index contributed by atoms with van der Waals surface area (Å²) in [6.07, 6.45) is 3.30. The number of hydrogen-bond donors (Lipinski definition) is 1. The van der Waals surface area contributed by atoms with Crippen LogP contribution in [0.5, 0.6) is 5.75 Å².